The molecule has 0 saturated heterocycles. The number of nitriles is 1. The third-order valence-corrected chi connectivity index (χ3v) is 5.86. The molecule has 1 aromatic heterocycles. The van der Waals surface area contributed by atoms with Crippen LogP contribution in [0.25, 0.3) is 6.08 Å². The van der Waals surface area contributed by atoms with Crippen molar-refractivity contribution in [3.8, 4) is 17.6 Å². The van der Waals surface area contributed by atoms with E-state index in [-0.39, 0.29) is 5.91 Å². The lowest BCUT2D eigenvalue weighted by molar-refractivity contribution is -0.111. The molecular formula is C21H22N2O3S. The molecule has 1 heterocycles. The average Bonchev–Trinajstić information content (AvgIpc) is 3.01. The van der Waals surface area contributed by atoms with Crippen molar-refractivity contribution < 1.29 is 14.3 Å². The van der Waals surface area contributed by atoms with E-state index in [1.807, 2.05) is 6.07 Å². The highest BCUT2D eigenvalue weighted by molar-refractivity contribution is 7.16. The molecule has 0 bridgehead atoms. The zero-order chi connectivity index (χ0) is 19.4. The van der Waals surface area contributed by atoms with Gasteiger partial charge < -0.3 is 14.8 Å². The molecule has 3 rings (SSSR count). The highest BCUT2D eigenvalue weighted by Gasteiger charge is 2.24. The Morgan fingerprint density at radius 2 is 2.11 bits per heavy atom. The van der Waals surface area contributed by atoms with E-state index < -0.39 is 0 Å². The minimum Gasteiger partial charge on any atom is -0.493 e. The van der Waals surface area contributed by atoms with Crippen LogP contribution >= 0.6 is 11.3 Å². The number of ether oxygens (including phenoxy) is 2. The van der Waals surface area contributed by atoms with Gasteiger partial charge in [-0.3, -0.25) is 4.79 Å². The zero-order valence-corrected chi connectivity index (χ0v) is 16.5. The minimum atomic E-state index is -0.257. The largest absolute Gasteiger partial charge is 0.493 e. The Kier molecular flexibility index (Phi) is 5.82. The molecule has 140 valence electrons. The first-order valence-electron chi connectivity index (χ1n) is 8.81. The van der Waals surface area contributed by atoms with Crippen LogP contribution in [-0.4, -0.2) is 20.1 Å². The van der Waals surface area contributed by atoms with E-state index in [9.17, 15) is 10.1 Å². The number of rotatable bonds is 5. The average molecular weight is 382 g/mol. The van der Waals surface area contributed by atoms with Crippen molar-refractivity contribution in [3.05, 3.63) is 45.8 Å². The van der Waals surface area contributed by atoms with Crippen LogP contribution in [-0.2, 0) is 17.6 Å². The fraction of sp³-hybridized carbons (Fsp3) is 0.333. The van der Waals surface area contributed by atoms with Crippen LogP contribution in [0.1, 0.15) is 34.9 Å². The third-order valence-electron chi connectivity index (χ3n) is 4.69. The highest BCUT2D eigenvalue weighted by Crippen LogP contribution is 2.39. The van der Waals surface area contributed by atoms with E-state index in [4.69, 9.17) is 9.47 Å². The third kappa shape index (κ3) is 4.15. The molecule has 0 aliphatic heterocycles. The van der Waals surface area contributed by atoms with Crippen molar-refractivity contribution in [2.75, 3.05) is 19.5 Å². The Bertz CT molecular complexity index is 924. The second-order valence-corrected chi connectivity index (χ2v) is 7.71. The van der Waals surface area contributed by atoms with Gasteiger partial charge in [-0.1, -0.05) is 13.0 Å². The molecule has 1 amide bonds. The maximum Gasteiger partial charge on any atom is 0.249 e. The number of hydrogen-bond acceptors (Lipinski definition) is 5. The number of benzene rings is 1. The van der Waals surface area contributed by atoms with Crippen molar-refractivity contribution in [3.63, 3.8) is 0 Å². The van der Waals surface area contributed by atoms with Gasteiger partial charge in [0.25, 0.3) is 0 Å². The second kappa shape index (κ2) is 8.28. The zero-order valence-electron chi connectivity index (χ0n) is 15.7. The Balaban J connectivity index is 1.75. The van der Waals surface area contributed by atoms with Gasteiger partial charge in [-0.25, -0.2) is 0 Å². The molecule has 0 saturated carbocycles. The first-order chi connectivity index (χ1) is 13.0. The van der Waals surface area contributed by atoms with E-state index in [1.54, 1.807) is 32.4 Å². The number of nitrogens with one attached hydrogen (secondary N) is 1. The second-order valence-electron chi connectivity index (χ2n) is 6.60. The molecule has 0 fully saturated rings. The molecule has 5 nitrogen and oxygen atoms in total. The molecule has 6 heteroatoms. The van der Waals surface area contributed by atoms with Crippen molar-refractivity contribution in [2.24, 2.45) is 5.92 Å². The smallest absolute Gasteiger partial charge is 0.249 e. The summed E-state index contributed by atoms with van der Waals surface area (Å²) in [6.45, 7) is 2.22. The van der Waals surface area contributed by atoms with Gasteiger partial charge in [-0.2, -0.15) is 5.26 Å². The summed E-state index contributed by atoms with van der Waals surface area (Å²) in [5.74, 6) is 1.60. The summed E-state index contributed by atoms with van der Waals surface area (Å²) in [4.78, 5) is 13.6. The van der Waals surface area contributed by atoms with Gasteiger partial charge in [0.2, 0.25) is 5.91 Å². The van der Waals surface area contributed by atoms with Crippen LogP contribution in [0.3, 0.4) is 0 Å². The number of nitrogens with zero attached hydrogens (tertiary/aromatic N) is 1. The summed E-state index contributed by atoms with van der Waals surface area (Å²) in [7, 11) is 3.15. The summed E-state index contributed by atoms with van der Waals surface area (Å²) >= 11 is 1.53. The topological polar surface area (TPSA) is 71.3 Å². The molecule has 0 spiro atoms. The van der Waals surface area contributed by atoms with Crippen LogP contribution in [0, 0.1) is 17.2 Å². The molecule has 2 aromatic rings. The van der Waals surface area contributed by atoms with Crippen molar-refractivity contribution in [2.45, 2.75) is 26.2 Å². The van der Waals surface area contributed by atoms with Gasteiger partial charge in [-0.05, 0) is 54.5 Å². The first kappa shape index (κ1) is 19.0. The predicted molar refractivity (Wildman–Crippen MR) is 107 cm³/mol. The Labute approximate surface area is 163 Å². The lowest BCUT2D eigenvalue weighted by Gasteiger charge is -2.17. The molecule has 1 aliphatic carbocycles. The molecule has 0 radical (unpaired) electrons. The number of carbonyl (C=O) groups is 1. The van der Waals surface area contributed by atoms with Crippen molar-refractivity contribution in [1.29, 1.82) is 5.26 Å². The monoisotopic (exact) mass is 382 g/mol. The van der Waals surface area contributed by atoms with Crippen LogP contribution in [0.15, 0.2) is 24.3 Å². The number of anilines is 1. The van der Waals surface area contributed by atoms with Crippen LogP contribution in [0.4, 0.5) is 5.00 Å². The van der Waals surface area contributed by atoms with Gasteiger partial charge in [0.15, 0.2) is 11.5 Å². The Hall–Kier alpha value is -2.78. The van der Waals surface area contributed by atoms with E-state index in [0.717, 1.165) is 30.4 Å². The summed E-state index contributed by atoms with van der Waals surface area (Å²) in [5.41, 5.74) is 2.55. The number of hydrogen-bond donors (Lipinski definition) is 1. The molecule has 1 aliphatic rings. The lowest BCUT2D eigenvalue weighted by atomic mass is 9.89. The van der Waals surface area contributed by atoms with Gasteiger partial charge in [0.05, 0.1) is 19.8 Å². The Morgan fingerprint density at radius 1 is 1.33 bits per heavy atom. The number of fused-ring (bicyclic) bond motifs is 1. The number of amides is 1. The number of methoxy groups -OCH3 is 2. The summed E-state index contributed by atoms with van der Waals surface area (Å²) in [5, 5.41) is 13.0. The van der Waals surface area contributed by atoms with Crippen LogP contribution < -0.4 is 14.8 Å². The van der Waals surface area contributed by atoms with Crippen molar-refractivity contribution >= 4 is 28.3 Å². The number of thiophene rings is 1. The predicted octanol–water partition coefficient (Wildman–Crippen LogP) is 4.41. The summed E-state index contributed by atoms with van der Waals surface area (Å²) in [6.07, 6.45) is 6.15. The molecule has 1 unspecified atom stereocenters. The van der Waals surface area contributed by atoms with E-state index >= 15 is 0 Å². The van der Waals surface area contributed by atoms with Gasteiger partial charge in [-0.15, -0.1) is 11.3 Å². The number of carbonyl (C=O) groups excluding carboxylic acids is 1. The molecule has 1 N–H and O–H groups in total. The summed E-state index contributed by atoms with van der Waals surface area (Å²) < 4.78 is 10.5. The van der Waals surface area contributed by atoms with E-state index in [2.05, 4.69) is 18.3 Å². The summed E-state index contributed by atoms with van der Waals surface area (Å²) in [6, 6.07) is 7.70. The van der Waals surface area contributed by atoms with Crippen LogP contribution in [0.5, 0.6) is 11.5 Å². The fourth-order valence-corrected chi connectivity index (χ4v) is 4.60. The molecule has 1 aromatic carbocycles. The van der Waals surface area contributed by atoms with Crippen molar-refractivity contribution in [1.82, 2.24) is 0 Å². The van der Waals surface area contributed by atoms with E-state index in [1.165, 1.54) is 22.3 Å². The Morgan fingerprint density at radius 3 is 2.81 bits per heavy atom. The highest BCUT2D eigenvalue weighted by atomic mass is 32.1. The maximum atomic E-state index is 12.4. The molecule has 27 heavy (non-hydrogen) atoms. The van der Waals surface area contributed by atoms with Gasteiger partial charge in [0.1, 0.15) is 11.1 Å². The SMILES string of the molecule is COc1ccc(/C=C/C(=O)Nc2sc3c(c2C#N)CCC(C)C3)cc1OC. The lowest BCUT2D eigenvalue weighted by Crippen LogP contribution is -2.10. The minimum absolute atomic E-state index is 0.257. The standard InChI is InChI=1S/C21H22N2O3S/c1-13-4-7-15-16(12-22)21(27-19(15)10-13)23-20(24)9-6-14-5-8-17(25-2)18(11-14)26-3/h5-6,8-9,11,13H,4,7,10H2,1-3H3,(H,23,24)/b9-6+. The maximum absolute atomic E-state index is 12.4. The van der Waals surface area contributed by atoms with E-state index in [0.29, 0.717) is 28.0 Å². The molecule has 1 atom stereocenters. The molecular weight excluding hydrogens is 360 g/mol. The van der Waals surface area contributed by atoms with Gasteiger partial charge in [0, 0.05) is 11.0 Å². The van der Waals surface area contributed by atoms with Crippen LogP contribution in [0.2, 0.25) is 0 Å². The fourth-order valence-electron chi connectivity index (χ4n) is 3.24. The quantitative estimate of drug-likeness (QED) is 0.778. The van der Waals surface area contributed by atoms with Gasteiger partial charge >= 0.3 is 0 Å². The normalized spacial score (nSPS) is 15.9. The first-order valence-corrected chi connectivity index (χ1v) is 9.63.